The largest absolute Gasteiger partial charge is 0.494 e. The molecule has 1 atom stereocenters. The highest BCUT2D eigenvalue weighted by molar-refractivity contribution is 6.24. The van der Waals surface area contributed by atoms with Crippen molar-refractivity contribution in [2.75, 3.05) is 23.4 Å². The lowest BCUT2D eigenvalue weighted by molar-refractivity contribution is -0.136. The molecule has 65 heavy (non-hydrogen) atoms. The van der Waals surface area contributed by atoms with E-state index >= 15 is 0 Å². The number of amides is 6. The number of imide groups is 2. The topological polar surface area (TPSA) is 205 Å². The minimum atomic E-state index is -1.05. The van der Waals surface area contributed by atoms with Crippen molar-refractivity contribution >= 4 is 41.2 Å². The third-order valence-corrected chi connectivity index (χ3v) is 12.0. The van der Waals surface area contributed by atoms with E-state index in [0.29, 0.717) is 43.1 Å². The number of nitrogens with one attached hydrogen (secondary N) is 3. The Balaban J connectivity index is 0.828. The second-order valence-electron chi connectivity index (χ2n) is 16.3. The Morgan fingerprint density at radius 2 is 1.58 bits per heavy atom. The van der Waals surface area contributed by atoms with Gasteiger partial charge in [-0.05, 0) is 116 Å². The van der Waals surface area contributed by atoms with E-state index < -0.39 is 29.7 Å². The SMILES string of the molecule is Cn1cc(-c2ccc(N(C(=O)NCc3ccc(OCCCCOc4cccc5c4C(=O)N(C4CCC(=O)NC4=O)C5=O)cc3)[C@H]3CC[C@H](Nc4ccc(C#N)cn4)CC3)cc2)ccc1=O. The Morgan fingerprint density at radius 1 is 0.846 bits per heavy atom. The molecule has 3 N–H and O–H groups in total. The quantitative estimate of drug-likeness (QED) is 0.0810. The maximum atomic E-state index is 14.1. The predicted molar refractivity (Wildman–Crippen MR) is 240 cm³/mol. The van der Waals surface area contributed by atoms with Crippen molar-refractivity contribution in [3.8, 4) is 28.7 Å². The Bertz CT molecular complexity index is 2690. The van der Waals surface area contributed by atoms with Gasteiger partial charge in [-0.25, -0.2) is 9.78 Å². The van der Waals surface area contributed by atoms with Crippen LogP contribution in [0.15, 0.2) is 108 Å². The molecule has 5 aromatic rings. The molecule has 16 nitrogen and oxygen atoms in total. The van der Waals surface area contributed by atoms with E-state index in [1.807, 2.05) is 59.5 Å². The molecule has 1 saturated heterocycles. The lowest BCUT2D eigenvalue weighted by Gasteiger charge is -2.37. The molecule has 332 valence electrons. The van der Waals surface area contributed by atoms with Crippen LogP contribution in [0.4, 0.5) is 16.3 Å². The van der Waals surface area contributed by atoms with Crippen LogP contribution in [0.1, 0.15) is 83.2 Å². The molecular formula is C49H48N8O8. The summed E-state index contributed by atoms with van der Waals surface area (Å²) >= 11 is 0. The molecular weight excluding hydrogens is 829 g/mol. The maximum absolute atomic E-state index is 14.1. The highest BCUT2D eigenvalue weighted by Gasteiger charge is 2.46. The third-order valence-electron chi connectivity index (χ3n) is 12.0. The summed E-state index contributed by atoms with van der Waals surface area (Å²) in [5.74, 6) is -0.655. The Morgan fingerprint density at radius 3 is 2.28 bits per heavy atom. The third kappa shape index (κ3) is 10.0. The number of aromatic nitrogens is 2. The second-order valence-corrected chi connectivity index (χ2v) is 16.3. The average molecular weight is 877 g/mol. The molecule has 16 heteroatoms. The summed E-state index contributed by atoms with van der Waals surface area (Å²) in [4.78, 5) is 83.7. The van der Waals surface area contributed by atoms with Gasteiger partial charge in [0.1, 0.15) is 29.4 Å². The molecule has 2 aromatic heterocycles. The summed E-state index contributed by atoms with van der Waals surface area (Å²) in [5.41, 5.74) is 4.18. The van der Waals surface area contributed by atoms with Gasteiger partial charge in [0.2, 0.25) is 17.4 Å². The second kappa shape index (κ2) is 19.7. The monoisotopic (exact) mass is 876 g/mol. The van der Waals surface area contributed by atoms with Crippen LogP contribution in [-0.4, -0.2) is 75.5 Å². The molecule has 1 unspecified atom stereocenters. The number of pyridine rings is 2. The number of piperidine rings is 1. The smallest absolute Gasteiger partial charge is 0.322 e. The first-order valence-corrected chi connectivity index (χ1v) is 21.7. The van der Waals surface area contributed by atoms with Crippen molar-refractivity contribution in [1.82, 2.24) is 25.1 Å². The van der Waals surface area contributed by atoms with Crippen LogP contribution in [0, 0.1) is 11.3 Å². The minimum Gasteiger partial charge on any atom is -0.494 e. The van der Waals surface area contributed by atoms with Crippen LogP contribution in [0.25, 0.3) is 11.1 Å². The van der Waals surface area contributed by atoms with E-state index in [2.05, 4.69) is 27.0 Å². The van der Waals surface area contributed by atoms with Gasteiger partial charge in [0.15, 0.2) is 0 Å². The van der Waals surface area contributed by atoms with E-state index in [9.17, 15) is 28.8 Å². The van der Waals surface area contributed by atoms with Gasteiger partial charge in [0, 0.05) is 56.2 Å². The molecule has 3 aliphatic rings. The van der Waals surface area contributed by atoms with Gasteiger partial charge >= 0.3 is 6.03 Å². The lowest BCUT2D eigenvalue weighted by Crippen LogP contribution is -2.54. The van der Waals surface area contributed by atoms with Gasteiger partial charge in [0.05, 0.1) is 29.9 Å². The summed E-state index contributed by atoms with van der Waals surface area (Å²) < 4.78 is 13.4. The number of hydrogen-bond donors (Lipinski definition) is 3. The van der Waals surface area contributed by atoms with Crippen LogP contribution in [0.2, 0.25) is 0 Å². The van der Waals surface area contributed by atoms with E-state index in [4.69, 9.17) is 14.7 Å². The summed E-state index contributed by atoms with van der Waals surface area (Å²) in [7, 11) is 1.72. The van der Waals surface area contributed by atoms with Crippen LogP contribution in [-0.2, 0) is 23.2 Å². The molecule has 2 aliphatic heterocycles. The number of unbranched alkanes of at least 4 members (excludes halogenated alkanes) is 1. The number of urea groups is 1. The number of ether oxygens (including phenoxy) is 2. The number of benzene rings is 3. The summed E-state index contributed by atoms with van der Waals surface area (Å²) in [5, 5.41) is 17.9. The zero-order valence-electron chi connectivity index (χ0n) is 35.8. The number of hydrogen-bond acceptors (Lipinski definition) is 11. The van der Waals surface area contributed by atoms with Crippen LogP contribution in [0.3, 0.4) is 0 Å². The highest BCUT2D eigenvalue weighted by Crippen LogP contribution is 2.34. The Hall–Kier alpha value is -7.80. The zero-order chi connectivity index (χ0) is 45.5. The van der Waals surface area contributed by atoms with Gasteiger partial charge in [-0.2, -0.15) is 5.26 Å². The van der Waals surface area contributed by atoms with Gasteiger partial charge < -0.3 is 24.7 Å². The zero-order valence-corrected chi connectivity index (χ0v) is 35.8. The molecule has 3 aromatic carbocycles. The van der Waals surface area contributed by atoms with Crippen molar-refractivity contribution in [2.24, 2.45) is 7.05 Å². The fraction of sp³-hybridized carbons (Fsp3) is 0.306. The van der Waals surface area contributed by atoms with Crippen molar-refractivity contribution in [3.63, 3.8) is 0 Å². The van der Waals surface area contributed by atoms with Crippen molar-refractivity contribution in [2.45, 2.75) is 76.0 Å². The maximum Gasteiger partial charge on any atom is 0.322 e. The summed E-state index contributed by atoms with van der Waals surface area (Å²) in [6.07, 6.45) is 7.89. The van der Waals surface area contributed by atoms with E-state index in [1.54, 1.807) is 43.7 Å². The van der Waals surface area contributed by atoms with E-state index in [0.717, 1.165) is 53.0 Å². The minimum absolute atomic E-state index is 0.0414. The van der Waals surface area contributed by atoms with Crippen molar-refractivity contribution in [1.29, 1.82) is 5.26 Å². The first-order valence-electron chi connectivity index (χ1n) is 21.7. The lowest BCUT2D eigenvalue weighted by atomic mass is 9.89. The van der Waals surface area contributed by atoms with E-state index in [-0.39, 0.29) is 60.0 Å². The van der Waals surface area contributed by atoms with Crippen molar-refractivity contribution in [3.05, 3.63) is 136 Å². The number of fused-ring (bicyclic) bond motifs is 1. The molecule has 1 saturated carbocycles. The standard InChI is InChI=1S/C49H48N8O8/c1-55-30-34(12-24-44(55)59)33-10-15-36(16-11-33)56(37-17-13-35(14-18-37)53-42-22-9-32(27-50)29-51-42)49(63)52-28-31-7-19-38(20-8-31)64-25-2-3-26-65-41-6-4-5-39-45(41)48(62)57(47(39)61)40-21-23-43(58)54-46(40)60/h4-12,15-16,19-20,22,24,29-30,35,37,40H,2-3,13-14,17-18,21,23,25-26,28H2,1H3,(H,51,53)(H,52,63)(H,54,58,60)/t35-,37-,40?. The fourth-order valence-corrected chi connectivity index (χ4v) is 8.45. The van der Waals surface area contributed by atoms with Gasteiger partial charge in [0.25, 0.3) is 11.8 Å². The Labute approximate surface area is 375 Å². The normalized spacial score (nSPS) is 18.0. The molecule has 0 spiro atoms. The average Bonchev–Trinajstić information content (AvgIpc) is 3.57. The number of aryl methyl sites for hydroxylation is 1. The summed E-state index contributed by atoms with van der Waals surface area (Å²) in [6, 6.07) is 27.9. The number of rotatable bonds is 15. The molecule has 0 radical (unpaired) electrons. The highest BCUT2D eigenvalue weighted by atomic mass is 16.5. The Kier molecular flexibility index (Phi) is 13.3. The number of anilines is 2. The number of carbonyl (C=O) groups excluding carboxylic acids is 5. The van der Waals surface area contributed by atoms with Crippen molar-refractivity contribution < 1.29 is 33.4 Å². The molecule has 6 amide bonds. The van der Waals surface area contributed by atoms with Crippen LogP contribution >= 0.6 is 0 Å². The van der Waals surface area contributed by atoms with Crippen LogP contribution < -0.4 is 35.9 Å². The van der Waals surface area contributed by atoms with Gasteiger partial charge in [-0.15, -0.1) is 0 Å². The number of nitriles is 1. The van der Waals surface area contributed by atoms with Gasteiger partial charge in [-0.3, -0.25) is 39.1 Å². The van der Waals surface area contributed by atoms with Gasteiger partial charge in [-0.1, -0.05) is 30.3 Å². The fourth-order valence-electron chi connectivity index (χ4n) is 8.45. The number of nitrogens with zero attached hydrogens (tertiary/aromatic N) is 5. The molecule has 1 aliphatic carbocycles. The van der Waals surface area contributed by atoms with Crippen LogP contribution in [0.5, 0.6) is 11.5 Å². The molecule has 8 rings (SSSR count). The molecule has 4 heterocycles. The summed E-state index contributed by atoms with van der Waals surface area (Å²) in [6.45, 7) is 0.973. The van der Waals surface area contributed by atoms with E-state index in [1.165, 1.54) is 16.7 Å². The predicted octanol–water partition coefficient (Wildman–Crippen LogP) is 6.10. The number of carbonyl (C=O) groups is 5. The first-order chi connectivity index (χ1) is 31.6. The molecule has 0 bridgehead atoms. The first kappa shape index (κ1) is 43.8. The molecule has 2 fully saturated rings.